The summed E-state index contributed by atoms with van der Waals surface area (Å²) in [5.41, 5.74) is 3.49. The third kappa shape index (κ3) is 6.33. The Morgan fingerprint density at radius 1 is 1.11 bits per heavy atom. The van der Waals surface area contributed by atoms with Crippen molar-refractivity contribution in [3.63, 3.8) is 0 Å². The van der Waals surface area contributed by atoms with E-state index in [0.29, 0.717) is 35.3 Å². The lowest BCUT2D eigenvalue weighted by molar-refractivity contribution is 0.0950. The summed E-state index contributed by atoms with van der Waals surface area (Å²) in [5, 5.41) is 7.05. The number of rotatable bonds is 10. The Labute approximate surface area is 221 Å². The van der Waals surface area contributed by atoms with Crippen molar-refractivity contribution in [2.75, 3.05) is 14.2 Å². The van der Waals surface area contributed by atoms with Gasteiger partial charge in [0.25, 0.3) is 11.5 Å². The molecule has 0 aliphatic carbocycles. The Kier molecular flexibility index (Phi) is 8.52. The summed E-state index contributed by atoms with van der Waals surface area (Å²) in [5.74, 6) is -0.797. The Bertz CT molecular complexity index is 1470. The number of carbonyl (C=O) groups excluding carboxylic acids is 1. The maximum atomic E-state index is 14.6. The van der Waals surface area contributed by atoms with Gasteiger partial charge in [0, 0.05) is 42.2 Å². The van der Waals surface area contributed by atoms with Crippen LogP contribution in [-0.2, 0) is 31.0 Å². The third-order valence-corrected chi connectivity index (χ3v) is 6.59. The highest BCUT2D eigenvalue weighted by Gasteiger charge is 2.16. The molecule has 0 radical (unpaired) electrons. The van der Waals surface area contributed by atoms with Gasteiger partial charge in [-0.1, -0.05) is 40.2 Å². The lowest BCUT2D eigenvalue weighted by atomic mass is 10.0. The SMILES string of the molecule is COCc1cc(Cn2ccccc2=O)ccc1Cn1cc(C(=O)NCc2c(Br)ccc(OC)c2F)cn1. The van der Waals surface area contributed by atoms with Gasteiger partial charge in [0.1, 0.15) is 0 Å². The molecule has 0 aliphatic heterocycles. The molecule has 0 unspecified atom stereocenters. The molecule has 0 atom stereocenters. The van der Waals surface area contributed by atoms with Crippen LogP contribution in [-0.4, -0.2) is 34.5 Å². The first-order chi connectivity index (χ1) is 17.9. The molecule has 0 aliphatic rings. The number of benzene rings is 2. The summed E-state index contributed by atoms with van der Waals surface area (Å²) in [6, 6.07) is 14.2. The fraction of sp³-hybridized carbons (Fsp3) is 0.222. The molecule has 0 saturated heterocycles. The van der Waals surface area contributed by atoms with Crippen LogP contribution in [0.3, 0.4) is 0 Å². The number of ether oxygens (including phenoxy) is 2. The van der Waals surface area contributed by atoms with E-state index in [1.807, 2.05) is 24.3 Å². The van der Waals surface area contributed by atoms with E-state index < -0.39 is 5.82 Å². The first-order valence-corrected chi connectivity index (χ1v) is 12.3. The van der Waals surface area contributed by atoms with E-state index in [9.17, 15) is 14.0 Å². The van der Waals surface area contributed by atoms with Gasteiger partial charge in [-0.3, -0.25) is 14.3 Å². The van der Waals surface area contributed by atoms with Crippen LogP contribution in [0.4, 0.5) is 4.39 Å². The Morgan fingerprint density at radius 3 is 2.70 bits per heavy atom. The predicted molar refractivity (Wildman–Crippen MR) is 140 cm³/mol. The van der Waals surface area contributed by atoms with Gasteiger partial charge in [-0.05, 0) is 34.9 Å². The molecule has 1 amide bonds. The number of hydrogen-bond acceptors (Lipinski definition) is 5. The highest BCUT2D eigenvalue weighted by molar-refractivity contribution is 9.10. The second kappa shape index (κ2) is 12.0. The summed E-state index contributed by atoms with van der Waals surface area (Å²) in [6.45, 7) is 1.25. The maximum Gasteiger partial charge on any atom is 0.254 e. The predicted octanol–water partition coefficient (Wildman–Crippen LogP) is 4.13. The second-order valence-corrected chi connectivity index (χ2v) is 9.21. The van der Waals surface area contributed by atoms with Crippen LogP contribution < -0.4 is 15.6 Å². The zero-order valence-corrected chi connectivity index (χ0v) is 22.0. The molecular formula is C27H26BrFN4O4. The summed E-state index contributed by atoms with van der Waals surface area (Å²) in [7, 11) is 3.01. The molecular weight excluding hydrogens is 543 g/mol. The highest BCUT2D eigenvalue weighted by Crippen LogP contribution is 2.27. The molecule has 37 heavy (non-hydrogen) atoms. The minimum atomic E-state index is -0.529. The van der Waals surface area contributed by atoms with E-state index in [2.05, 4.69) is 26.3 Å². The molecule has 0 fully saturated rings. The van der Waals surface area contributed by atoms with Gasteiger partial charge in [-0.15, -0.1) is 0 Å². The van der Waals surface area contributed by atoms with Gasteiger partial charge in [0.05, 0.1) is 38.6 Å². The molecule has 10 heteroatoms. The lowest BCUT2D eigenvalue weighted by Gasteiger charge is -2.13. The van der Waals surface area contributed by atoms with E-state index in [1.54, 1.807) is 40.9 Å². The van der Waals surface area contributed by atoms with Gasteiger partial charge in [0.2, 0.25) is 0 Å². The normalized spacial score (nSPS) is 10.9. The minimum Gasteiger partial charge on any atom is -0.494 e. The maximum absolute atomic E-state index is 14.6. The van der Waals surface area contributed by atoms with Crippen molar-refractivity contribution in [2.24, 2.45) is 0 Å². The van der Waals surface area contributed by atoms with Crippen molar-refractivity contribution in [3.8, 4) is 5.75 Å². The molecule has 8 nitrogen and oxygen atoms in total. The van der Waals surface area contributed by atoms with Crippen molar-refractivity contribution >= 4 is 21.8 Å². The molecule has 4 aromatic rings. The number of hydrogen-bond donors (Lipinski definition) is 1. The molecule has 0 bridgehead atoms. The number of carbonyl (C=O) groups is 1. The topological polar surface area (TPSA) is 87.4 Å². The van der Waals surface area contributed by atoms with Crippen LogP contribution >= 0.6 is 15.9 Å². The number of amides is 1. The standard InChI is InChI=1S/C27H26BrFN4O4/c1-36-17-20-11-18(14-32-10-4-3-5-25(32)34)6-7-19(20)15-33-16-21(12-31-33)27(35)30-13-22-23(28)8-9-24(37-2)26(22)29/h3-12,16H,13-15,17H2,1-2H3,(H,30,35). The third-order valence-electron chi connectivity index (χ3n) is 5.85. The zero-order valence-electron chi connectivity index (χ0n) is 20.4. The Balaban J connectivity index is 1.45. The average molecular weight is 569 g/mol. The average Bonchev–Trinajstić information content (AvgIpc) is 3.36. The molecule has 0 spiro atoms. The minimum absolute atomic E-state index is 0.0163. The van der Waals surface area contributed by atoms with Crippen molar-refractivity contribution in [1.82, 2.24) is 19.7 Å². The van der Waals surface area contributed by atoms with Gasteiger partial charge in [0.15, 0.2) is 11.6 Å². The van der Waals surface area contributed by atoms with E-state index in [4.69, 9.17) is 9.47 Å². The number of halogens is 2. The van der Waals surface area contributed by atoms with E-state index >= 15 is 0 Å². The van der Waals surface area contributed by atoms with Crippen LogP contribution in [0, 0.1) is 5.82 Å². The highest BCUT2D eigenvalue weighted by atomic mass is 79.9. The number of aromatic nitrogens is 3. The van der Waals surface area contributed by atoms with Gasteiger partial charge >= 0.3 is 0 Å². The number of pyridine rings is 1. The van der Waals surface area contributed by atoms with Crippen LogP contribution in [0.5, 0.6) is 5.75 Å². The van der Waals surface area contributed by atoms with Crippen LogP contribution in [0.2, 0.25) is 0 Å². The van der Waals surface area contributed by atoms with E-state index in [0.717, 1.165) is 16.7 Å². The Hall–Kier alpha value is -3.76. The molecule has 2 heterocycles. The quantitative estimate of drug-likeness (QED) is 0.311. The number of nitrogens with zero attached hydrogens (tertiary/aromatic N) is 3. The molecule has 2 aromatic carbocycles. The first-order valence-electron chi connectivity index (χ1n) is 11.5. The number of nitrogens with one attached hydrogen (secondary N) is 1. The van der Waals surface area contributed by atoms with Crippen molar-refractivity contribution in [1.29, 1.82) is 0 Å². The van der Waals surface area contributed by atoms with Crippen molar-refractivity contribution in [3.05, 3.63) is 116 Å². The van der Waals surface area contributed by atoms with E-state index in [1.165, 1.54) is 25.4 Å². The molecule has 0 saturated carbocycles. The zero-order chi connectivity index (χ0) is 26.4. The number of methoxy groups -OCH3 is 2. The fourth-order valence-corrected chi connectivity index (χ4v) is 4.36. The molecule has 4 rings (SSSR count). The second-order valence-electron chi connectivity index (χ2n) is 8.35. The van der Waals surface area contributed by atoms with Crippen molar-refractivity contribution in [2.45, 2.75) is 26.2 Å². The summed E-state index contributed by atoms with van der Waals surface area (Å²) in [4.78, 5) is 24.8. The largest absolute Gasteiger partial charge is 0.494 e. The smallest absolute Gasteiger partial charge is 0.254 e. The monoisotopic (exact) mass is 568 g/mol. The summed E-state index contributed by atoms with van der Waals surface area (Å²) < 4.78 is 28.8. The molecule has 192 valence electrons. The Morgan fingerprint density at radius 2 is 1.95 bits per heavy atom. The molecule has 2 aromatic heterocycles. The van der Waals surface area contributed by atoms with Crippen molar-refractivity contribution < 1.29 is 18.7 Å². The van der Waals surface area contributed by atoms with E-state index in [-0.39, 0.29) is 23.8 Å². The molecule has 1 N–H and O–H groups in total. The van der Waals surface area contributed by atoms with Gasteiger partial charge in [-0.2, -0.15) is 5.10 Å². The van der Waals surface area contributed by atoms with Gasteiger partial charge in [-0.25, -0.2) is 4.39 Å². The van der Waals surface area contributed by atoms with Crippen LogP contribution in [0.1, 0.15) is 32.6 Å². The fourth-order valence-electron chi connectivity index (χ4n) is 3.92. The van der Waals surface area contributed by atoms with Crippen LogP contribution in [0.15, 0.2) is 76.4 Å². The first kappa shape index (κ1) is 26.3. The lowest BCUT2D eigenvalue weighted by Crippen LogP contribution is -2.23. The van der Waals surface area contributed by atoms with Gasteiger partial charge < -0.3 is 19.4 Å². The summed E-state index contributed by atoms with van der Waals surface area (Å²) in [6.07, 6.45) is 4.86. The summed E-state index contributed by atoms with van der Waals surface area (Å²) >= 11 is 3.31. The van der Waals surface area contributed by atoms with Crippen LogP contribution in [0.25, 0.3) is 0 Å².